The molecule has 19 heavy (non-hydrogen) atoms. The highest BCUT2D eigenvalue weighted by Crippen LogP contribution is 2.22. The number of benzene rings is 2. The van der Waals surface area contributed by atoms with Gasteiger partial charge in [-0.3, -0.25) is 0 Å². The van der Waals surface area contributed by atoms with Crippen LogP contribution in [0.5, 0.6) is 5.75 Å². The Morgan fingerprint density at radius 1 is 1.05 bits per heavy atom. The molecule has 98 valence electrons. The molecule has 0 bridgehead atoms. The van der Waals surface area contributed by atoms with Crippen LogP contribution in [0.25, 0.3) is 0 Å². The van der Waals surface area contributed by atoms with Crippen LogP contribution in [0.1, 0.15) is 5.56 Å². The van der Waals surface area contributed by atoms with Gasteiger partial charge in [-0.1, -0.05) is 47.5 Å². The molecule has 2 rings (SSSR count). The second-order valence-corrected chi connectivity index (χ2v) is 4.62. The lowest BCUT2D eigenvalue weighted by molar-refractivity contribution is 0.200. The summed E-state index contributed by atoms with van der Waals surface area (Å²) in [4.78, 5) is 11.5. The van der Waals surface area contributed by atoms with Gasteiger partial charge in [0.2, 0.25) is 0 Å². The van der Waals surface area contributed by atoms with Crippen molar-refractivity contribution >= 4 is 29.3 Å². The van der Waals surface area contributed by atoms with Gasteiger partial charge in [-0.15, -0.1) is 0 Å². The van der Waals surface area contributed by atoms with E-state index in [1.54, 1.807) is 42.5 Å². The molecule has 0 fully saturated rings. The van der Waals surface area contributed by atoms with Crippen LogP contribution in [0.2, 0.25) is 10.0 Å². The molecule has 0 saturated heterocycles. The number of carbonyl (C=O) groups is 1. The van der Waals surface area contributed by atoms with E-state index in [-0.39, 0.29) is 0 Å². The van der Waals surface area contributed by atoms with E-state index in [4.69, 9.17) is 27.9 Å². The molecular formula is C14H11Cl2NO2. The normalized spacial score (nSPS) is 10.0. The maximum atomic E-state index is 11.5. The predicted molar refractivity (Wildman–Crippen MR) is 75.8 cm³/mol. The minimum absolute atomic E-state index is 0.322. The van der Waals surface area contributed by atoms with E-state index in [2.05, 4.69) is 5.32 Å². The molecule has 0 spiro atoms. The van der Waals surface area contributed by atoms with Crippen LogP contribution in [0.3, 0.4) is 0 Å². The molecule has 0 aliphatic carbocycles. The van der Waals surface area contributed by atoms with Crippen molar-refractivity contribution < 1.29 is 9.53 Å². The molecule has 1 amide bonds. The summed E-state index contributed by atoms with van der Waals surface area (Å²) in [6.07, 6.45) is -0.516. The SMILES string of the molecule is O=C(NCc1ccc(Cl)c(Cl)c1)Oc1ccccc1. The van der Waals surface area contributed by atoms with E-state index in [9.17, 15) is 4.79 Å². The Bertz CT molecular complexity index is 573. The summed E-state index contributed by atoms with van der Waals surface area (Å²) >= 11 is 11.7. The molecule has 0 heterocycles. The average molecular weight is 296 g/mol. The summed E-state index contributed by atoms with van der Waals surface area (Å²) in [5, 5.41) is 3.57. The lowest BCUT2D eigenvalue weighted by Crippen LogP contribution is -2.26. The topological polar surface area (TPSA) is 38.3 Å². The smallest absolute Gasteiger partial charge is 0.410 e. The van der Waals surface area contributed by atoms with Crippen molar-refractivity contribution in [2.45, 2.75) is 6.54 Å². The Balaban J connectivity index is 1.88. The predicted octanol–water partition coefficient (Wildman–Crippen LogP) is 4.28. The van der Waals surface area contributed by atoms with E-state index in [0.717, 1.165) is 5.56 Å². The first-order valence-electron chi connectivity index (χ1n) is 5.60. The number of ether oxygens (including phenoxy) is 1. The molecular weight excluding hydrogens is 285 g/mol. The fraction of sp³-hybridized carbons (Fsp3) is 0.0714. The van der Waals surface area contributed by atoms with E-state index >= 15 is 0 Å². The van der Waals surface area contributed by atoms with Crippen LogP contribution < -0.4 is 10.1 Å². The highest BCUT2D eigenvalue weighted by Gasteiger charge is 2.05. The van der Waals surface area contributed by atoms with Gasteiger partial charge in [0.05, 0.1) is 10.0 Å². The van der Waals surface area contributed by atoms with Gasteiger partial charge >= 0.3 is 6.09 Å². The summed E-state index contributed by atoms with van der Waals surface area (Å²) < 4.78 is 5.08. The Morgan fingerprint density at radius 2 is 1.79 bits per heavy atom. The first-order valence-corrected chi connectivity index (χ1v) is 6.35. The van der Waals surface area contributed by atoms with E-state index < -0.39 is 6.09 Å². The molecule has 2 aromatic rings. The summed E-state index contributed by atoms with van der Waals surface area (Å²) in [6.45, 7) is 0.322. The molecule has 5 heteroatoms. The number of hydrogen-bond acceptors (Lipinski definition) is 2. The highest BCUT2D eigenvalue weighted by atomic mass is 35.5. The van der Waals surface area contributed by atoms with E-state index in [0.29, 0.717) is 22.3 Å². The quantitative estimate of drug-likeness (QED) is 0.918. The van der Waals surface area contributed by atoms with Crippen LogP contribution in [0, 0.1) is 0 Å². The third-order valence-electron chi connectivity index (χ3n) is 2.37. The van der Waals surface area contributed by atoms with Crippen molar-refractivity contribution in [3.8, 4) is 5.75 Å². The second-order valence-electron chi connectivity index (χ2n) is 3.80. The molecule has 0 aliphatic heterocycles. The molecule has 0 saturated carbocycles. The maximum Gasteiger partial charge on any atom is 0.412 e. The number of halogens is 2. The Morgan fingerprint density at radius 3 is 2.47 bits per heavy atom. The van der Waals surface area contributed by atoms with Crippen molar-refractivity contribution in [1.29, 1.82) is 0 Å². The van der Waals surface area contributed by atoms with Gasteiger partial charge < -0.3 is 10.1 Å². The second kappa shape index (κ2) is 6.45. The van der Waals surface area contributed by atoms with Crippen LogP contribution in [-0.2, 0) is 6.54 Å². The molecule has 0 atom stereocenters. The molecule has 0 aliphatic rings. The number of hydrogen-bond donors (Lipinski definition) is 1. The van der Waals surface area contributed by atoms with Crippen molar-refractivity contribution in [3.05, 3.63) is 64.1 Å². The molecule has 1 N–H and O–H groups in total. The minimum Gasteiger partial charge on any atom is -0.410 e. The van der Waals surface area contributed by atoms with Crippen LogP contribution in [0.4, 0.5) is 4.79 Å². The monoisotopic (exact) mass is 295 g/mol. The zero-order valence-electron chi connectivity index (χ0n) is 9.90. The Labute approximate surface area is 121 Å². The lowest BCUT2D eigenvalue weighted by atomic mass is 10.2. The highest BCUT2D eigenvalue weighted by molar-refractivity contribution is 6.42. The average Bonchev–Trinajstić information content (AvgIpc) is 2.41. The molecule has 2 aromatic carbocycles. The van der Waals surface area contributed by atoms with Crippen LogP contribution >= 0.6 is 23.2 Å². The Kier molecular flexibility index (Phi) is 4.66. The molecule has 3 nitrogen and oxygen atoms in total. The van der Waals surface area contributed by atoms with Gasteiger partial charge in [0.25, 0.3) is 0 Å². The van der Waals surface area contributed by atoms with Gasteiger partial charge in [-0.05, 0) is 29.8 Å². The van der Waals surface area contributed by atoms with Crippen molar-refractivity contribution in [3.63, 3.8) is 0 Å². The Hall–Kier alpha value is -1.71. The lowest BCUT2D eigenvalue weighted by Gasteiger charge is -2.07. The van der Waals surface area contributed by atoms with E-state index in [1.807, 2.05) is 6.07 Å². The maximum absolute atomic E-state index is 11.5. The first-order chi connectivity index (χ1) is 9.15. The first kappa shape index (κ1) is 13.7. The summed E-state index contributed by atoms with van der Waals surface area (Å²) in [5.41, 5.74) is 0.847. The number of para-hydroxylation sites is 1. The van der Waals surface area contributed by atoms with Crippen LogP contribution in [0.15, 0.2) is 48.5 Å². The number of amides is 1. The van der Waals surface area contributed by atoms with Gasteiger partial charge in [0.15, 0.2) is 0 Å². The van der Waals surface area contributed by atoms with Gasteiger partial charge in [0, 0.05) is 6.54 Å². The van der Waals surface area contributed by atoms with Gasteiger partial charge in [-0.25, -0.2) is 4.79 Å². The number of rotatable bonds is 3. The summed E-state index contributed by atoms with van der Waals surface area (Å²) in [6, 6.07) is 14.0. The number of carbonyl (C=O) groups excluding carboxylic acids is 1. The van der Waals surface area contributed by atoms with Crippen molar-refractivity contribution in [2.24, 2.45) is 0 Å². The third kappa shape index (κ3) is 4.16. The van der Waals surface area contributed by atoms with E-state index in [1.165, 1.54) is 0 Å². The standard InChI is InChI=1S/C14H11Cl2NO2/c15-12-7-6-10(8-13(12)16)9-17-14(18)19-11-4-2-1-3-5-11/h1-8H,9H2,(H,17,18). The number of nitrogens with one attached hydrogen (secondary N) is 1. The third-order valence-corrected chi connectivity index (χ3v) is 3.11. The molecule has 0 radical (unpaired) electrons. The van der Waals surface area contributed by atoms with Gasteiger partial charge in [0.1, 0.15) is 5.75 Å². The fourth-order valence-corrected chi connectivity index (χ4v) is 1.78. The van der Waals surface area contributed by atoms with Gasteiger partial charge in [-0.2, -0.15) is 0 Å². The van der Waals surface area contributed by atoms with Crippen molar-refractivity contribution in [1.82, 2.24) is 5.32 Å². The molecule has 0 unspecified atom stereocenters. The largest absolute Gasteiger partial charge is 0.412 e. The zero-order valence-corrected chi connectivity index (χ0v) is 11.4. The fourth-order valence-electron chi connectivity index (χ4n) is 1.46. The van der Waals surface area contributed by atoms with Crippen LogP contribution in [-0.4, -0.2) is 6.09 Å². The minimum atomic E-state index is -0.516. The molecule has 0 aromatic heterocycles. The summed E-state index contributed by atoms with van der Waals surface area (Å²) in [7, 11) is 0. The summed E-state index contributed by atoms with van der Waals surface area (Å²) in [5.74, 6) is 0.495. The van der Waals surface area contributed by atoms with Crippen molar-refractivity contribution in [2.75, 3.05) is 0 Å². The zero-order chi connectivity index (χ0) is 13.7.